The van der Waals surface area contributed by atoms with Gasteiger partial charge in [-0.05, 0) is 94.9 Å². The van der Waals surface area contributed by atoms with Gasteiger partial charge in [0.1, 0.15) is 24.7 Å². The van der Waals surface area contributed by atoms with Gasteiger partial charge in [0.05, 0.1) is 0 Å². The Hall–Kier alpha value is -3.25. The van der Waals surface area contributed by atoms with E-state index in [1.165, 1.54) is 16.5 Å². The number of carbonyl (C=O) groups is 5. The van der Waals surface area contributed by atoms with Gasteiger partial charge in [-0.2, -0.15) is 4.58 Å². The summed E-state index contributed by atoms with van der Waals surface area (Å²) in [7, 11) is 3.10. The number of nitrogens with zero attached hydrogens (tertiary/aromatic N) is 2. The lowest BCUT2D eigenvalue weighted by atomic mass is 9.99. The van der Waals surface area contributed by atoms with Crippen molar-refractivity contribution in [1.82, 2.24) is 20.9 Å². The molecule has 0 aromatic heterocycles. The highest BCUT2D eigenvalue weighted by molar-refractivity contribution is 9.10. The molecule has 3 atom stereocenters. The van der Waals surface area contributed by atoms with Crippen LogP contribution in [0.2, 0.25) is 5.02 Å². The van der Waals surface area contributed by atoms with Gasteiger partial charge in [0.15, 0.2) is 6.04 Å². The second-order valence-electron chi connectivity index (χ2n) is 14.3. The number of alkyl carbamates (subject to hydrolysis) is 1. The number of benzene rings is 1. The molecule has 49 heavy (non-hydrogen) atoms. The quantitative estimate of drug-likeness (QED) is 0.259. The van der Waals surface area contributed by atoms with E-state index in [1.807, 2.05) is 26.0 Å². The summed E-state index contributed by atoms with van der Waals surface area (Å²) in [6.07, 6.45) is 7.34. The van der Waals surface area contributed by atoms with Gasteiger partial charge in [-0.15, -0.1) is 0 Å². The van der Waals surface area contributed by atoms with Crippen molar-refractivity contribution in [3.63, 3.8) is 0 Å². The fourth-order valence-electron chi connectivity index (χ4n) is 5.67. The van der Waals surface area contributed by atoms with Crippen molar-refractivity contribution in [1.29, 1.82) is 0 Å². The van der Waals surface area contributed by atoms with E-state index in [9.17, 15) is 24.0 Å². The van der Waals surface area contributed by atoms with Gasteiger partial charge in [-0.3, -0.25) is 14.4 Å². The molecule has 0 saturated heterocycles. The normalized spacial score (nSPS) is 22.6. The van der Waals surface area contributed by atoms with Crippen LogP contribution in [0.1, 0.15) is 85.1 Å². The summed E-state index contributed by atoms with van der Waals surface area (Å²) in [6, 6.07) is 2.57. The second-order valence-corrected chi connectivity index (χ2v) is 15.6. The van der Waals surface area contributed by atoms with Crippen LogP contribution < -0.4 is 16.0 Å². The molecule has 0 radical (unpaired) electrons. The molecule has 1 aromatic rings. The summed E-state index contributed by atoms with van der Waals surface area (Å²) in [6.45, 7) is 9.55. The molecule has 1 fully saturated rings. The van der Waals surface area contributed by atoms with E-state index in [1.54, 1.807) is 46.0 Å². The van der Waals surface area contributed by atoms with Gasteiger partial charge in [0.25, 0.3) is 0 Å². The number of halogens is 2. The Morgan fingerprint density at radius 3 is 2.45 bits per heavy atom. The molecule has 0 bridgehead atoms. The number of hydrogen-bond donors (Lipinski definition) is 3. The summed E-state index contributed by atoms with van der Waals surface area (Å²) < 4.78 is 7.48. The maximum Gasteiger partial charge on any atom is 0.409 e. The van der Waals surface area contributed by atoms with Gasteiger partial charge >= 0.3 is 17.9 Å². The van der Waals surface area contributed by atoms with Crippen LogP contribution in [-0.4, -0.2) is 89.3 Å². The Morgan fingerprint density at radius 1 is 1.14 bits per heavy atom. The first-order valence-electron chi connectivity index (χ1n) is 17.1. The Kier molecular flexibility index (Phi) is 14.9. The summed E-state index contributed by atoms with van der Waals surface area (Å²) in [5.41, 5.74) is 0.196. The van der Waals surface area contributed by atoms with Crippen LogP contribution in [0.15, 0.2) is 34.8 Å². The molecule has 0 spiro atoms. The van der Waals surface area contributed by atoms with Crippen LogP contribution in [0, 0.1) is 11.8 Å². The Bertz CT molecular complexity index is 1450. The highest BCUT2D eigenvalue weighted by Crippen LogP contribution is 2.33. The third kappa shape index (κ3) is 12.5. The fraction of sp³-hybridized carbons (Fsp3) is 0.611. The van der Waals surface area contributed by atoms with E-state index in [0.717, 1.165) is 22.9 Å². The van der Waals surface area contributed by atoms with Crippen LogP contribution in [0.5, 0.6) is 0 Å². The fourth-order valence-corrected chi connectivity index (χ4v) is 6.28. The van der Waals surface area contributed by atoms with Crippen LogP contribution >= 0.6 is 27.5 Å². The maximum absolute atomic E-state index is 14.2. The van der Waals surface area contributed by atoms with Crippen LogP contribution in [0.3, 0.4) is 0 Å². The van der Waals surface area contributed by atoms with Crippen LogP contribution in [0.25, 0.3) is 0 Å². The lowest BCUT2D eigenvalue weighted by Gasteiger charge is -2.32. The van der Waals surface area contributed by atoms with Gasteiger partial charge in [-0.25, -0.2) is 9.59 Å². The minimum Gasteiger partial charge on any atom is -0.444 e. The zero-order valence-electron chi connectivity index (χ0n) is 29.7. The highest BCUT2D eigenvalue weighted by atomic mass is 79.9. The molecule has 11 nitrogen and oxygen atoms in total. The molecule has 13 heteroatoms. The van der Waals surface area contributed by atoms with Crippen molar-refractivity contribution in [3.8, 4) is 0 Å². The number of rotatable bonds is 7. The van der Waals surface area contributed by atoms with Gasteiger partial charge in [0, 0.05) is 35.9 Å². The molecule has 2 aliphatic rings. The number of amides is 5. The van der Waals surface area contributed by atoms with Crippen LogP contribution in [-0.2, 0) is 30.3 Å². The van der Waals surface area contributed by atoms with Crippen molar-refractivity contribution >= 4 is 63.0 Å². The number of hydrogen-bond acceptors (Lipinski definition) is 6. The number of ether oxygens (including phenoxy) is 1. The molecule has 1 aliphatic heterocycles. The third-order valence-electron chi connectivity index (χ3n) is 8.44. The Labute approximate surface area is 303 Å². The summed E-state index contributed by atoms with van der Waals surface area (Å²) in [4.78, 5) is 69.9. The zero-order valence-corrected chi connectivity index (χ0v) is 32.1. The number of allylic oxidation sites excluding steroid dienone is 2. The summed E-state index contributed by atoms with van der Waals surface area (Å²) >= 11 is 9.82. The molecule has 3 N–H and O–H groups in total. The molecule has 1 aromatic carbocycles. The zero-order chi connectivity index (χ0) is 36.5. The summed E-state index contributed by atoms with van der Waals surface area (Å²) in [5, 5.41) is 9.13. The number of nitrogens with one attached hydrogen (secondary N) is 3. The van der Waals surface area contributed by atoms with Crippen molar-refractivity contribution < 1.29 is 33.3 Å². The van der Waals surface area contributed by atoms with Crippen molar-refractivity contribution in [3.05, 3.63) is 45.4 Å². The first-order valence-corrected chi connectivity index (χ1v) is 18.2. The highest BCUT2D eigenvalue weighted by Gasteiger charge is 2.44. The lowest BCUT2D eigenvalue weighted by molar-refractivity contribution is -0.421. The van der Waals surface area contributed by atoms with Crippen molar-refractivity contribution in [2.45, 2.75) is 110 Å². The van der Waals surface area contributed by atoms with Gasteiger partial charge in [0.2, 0.25) is 17.5 Å². The maximum atomic E-state index is 14.2. The monoisotopic (exact) mass is 764 g/mol. The molecule has 270 valence electrons. The molecule has 0 unspecified atom stereocenters. The van der Waals surface area contributed by atoms with Gasteiger partial charge in [-0.1, -0.05) is 53.5 Å². The molecule has 1 aliphatic carbocycles. The van der Waals surface area contributed by atoms with E-state index in [4.69, 9.17) is 16.3 Å². The number of likely N-dealkylation sites (N-methyl/N-ethyl adjacent to an activating group) is 2. The molecule has 1 saturated carbocycles. The largest absolute Gasteiger partial charge is 0.444 e. The predicted octanol–water partition coefficient (Wildman–Crippen LogP) is 5.16. The van der Waals surface area contributed by atoms with Crippen LogP contribution in [0.4, 0.5) is 4.79 Å². The van der Waals surface area contributed by atoms with E-state index in [2.05, 4.69) is 31.9 Å². The second kappa shape index (κ2) is 18.1. The Balaban J connectivity index is 1.99. The predicted molar refractivity (Wildman–Crippen MR) is 193 cm³/mol. The summed E-state index contributed by atoms with van der Waals surface area (Å²) in [5.74, 6) is -1.77. The third-order valence-corrected chi connectivity index (χ3v) is 9.45. The smallest absolute Gasteiger partial charge is 0.409 e. The first kappa shape index (κ1) is 40.2. The Morgan fingerprint density at radius 2 is 1.82 bits per heavy atom. The molecule has 5 amide bonds. The SMILES string of the molecule is CC(C)C[C@@H]1NC(=O)C(=[N+](C)C(=O)[C@@H](NC(=O)OC(C)(C)C)C2CC2)CC/C=C/CCCNC(=O)[C@H](Cc2cc(Cl)ccc2Br)N(C)C1=O. The molecule has 1 heterocycles. The van der Waals surface area contributed by atoms with Crippen molar-refractivity contribution in [2.75, 3.05) is 20.6 Å². The molecular formula is C36H52BrClN5O6+. The average molecular weight is 766 g/mol. The number of carbonyl (C=O) groups excluding carboxylic acids is 5. The molecule has 3 rings (SSSR count). The topological polar surface area (TPSA) is 137 Å². The van der Waals surface area contributed by atoms with Gasteiger partial charge < -0.3 is 25.6 Å². The average Bonchev–Trinajstić information content (AvgIpc) is 3.85. The van der Waals surface area contributed by atoms with E-state index in [-0.39, 0.29) is 36.3 Å². The minimum absolute atomic E-state index is 0.0191. The van der Waals surface area contributed by atoms with E-state index >= 15 is 0 Å². The van der Waals surface area contributed by atoms with E-state index in [0.29, 0.717) is 37.3 Å². The molecular weight excluding hydrogens is 714 g/mol. The van der Waals surface area contributed by atoms with Crippen molar-refractivity contribution in [2.24, 2.45) is 11.8 Å². The minimum atomic E-state index is -0.975. The standard InChI is InChI=1S/C36H51BrClN5O6/c1-22(2)19-27-33(46)43(7)29(21-24-20-25(38)16-17-26(24)37)31(44)39-18-12-10-8-9-11-13-28(32(45)40-27)42(6)34(47)30(23-14-15-23)41-35(48)49-36(3,4)5/h8-9,16-17,20,22-23,27,29-30H,10-15,18-19,21H2,1-7H3,(H2-,39,40,41,44,45,48)/p+1/b9-8+,42-28?/t27-,29-,30-/m0/s1. The lowest BCUT2D eigenvalue weighted by Crippen LogP contribution is -2.57. The van der Waals surface area contributed by atoms with E-state index < -0.39 is 47.5 Å². The first-order chi connectivity index (χ1) is 23.0.